The molecule has 2 heterocycles. The SMILES string of the molecule is CC1CCC(C)OC1.CC1COC(C)OC1. The molecule has 0 saturated carbocycles. The summed E-state index contributed by atoms with van der Waals surface area (Å²) in [6.07, 6.45) is 3.14. The van der Waals surface area contributed by atoms with E-state index >= 15 is 0 Å². The summed E-state index contributed by atoms with van der Waals surface area (Å²) in [7, 11) is 0. The molecule has 0 aliphatic carbocycles. The van der Waals surface area contributed by atoms with Gasteiger partial charge in [0.25, 0.3) is 0 Å². The third kappa shape index (κ3) is 5.83. The normalized spacial score (nSPS) is 39.8. The van der Waals surface area contributed by atoms with Crippen LogP contribution in [0.4, 0.5) is 0 Å². The fourth-order valence-electron chi connectivity index (χ4n) is 1.71. The van der Waals surface area contributed by atoms with Gasteiger partial charge in [0.15, 0.2) is 6.29 Å². The first-order valence-electron chi connectivity index (χ1n) is 6.42. The van der Waals surface area contributed by atoms with Crippen LogP contribution < -0.4 is 0 Å². The lowest BCUT2D eigenvalue weighted by molar-refractivity contribution is -0.187. The van der Waals surface area contributed by atoms with E-state index < -0.39 is 0 Å². The first-order chi connectivity index (χ1) is 7.58. The van der Waals surface area contributed by atoms with E-state index in [1.54, 1.807) is 0 Å². The van der Waals surface area contributed by atoms with Crippen molar-refractivity contribution in [1.29, 1.82) is 0 Å². The lowest BCUT2D eigenvalue weighted by Crippen LogP contribution is -2.27. The fourth-order valence-corrected chi connectivity index (χ4v) is 1.71. The summed E-state index contributed by atoms with van der Waals surface area (Å²) in [5.41, 5.74) is 0. The van der Waals surface area contributed by atoms with Crippen molar-refractivity contribution in [3.05, 3.63) is 0 Å². The van der Waals surface area contributed by atoms with E-state index in [1.807, 2.05) is 6.92 Å². The van der Waals surface area contributed by atoms with Crippen LogP contribution in [-0.4, -0.2) is 32.2 Å². The number of hydrogen-bond acceptors (Lipinski definition) is 3. The Kier molecular flexibility index (Phi) is 6.32. The average molecular weight is 230 g/mol. The standard InChI is InChI=1S/C7H14O.C6H12O2/c1-6-3-4-7(2)8-5-6;1-5-3-7-6(2)8-4-5/h6-7H,3-5H2,1-2H3;5-6H,3-4H2,1-2H3. The smallest absolute Gasteiger partial charge is 0.154 e. The summed E-state index contributed by atoms with van der Waals surface area (Å²) in [6.45, 7) is 11.1. The first kappa shape index (κ1) is 13.9. The quantitative estimate of drug-likeness (QED) is 0.640. The molecule has 0 amide bonds. The van der Waals surface area contributed by atoms with Gasteiger partial charge in [0.05, 0.1) is 19.3 Å². The Morgan fingerprint density at radius 2 is 1.25 bits per heavy atom. The average Bonchev–Trinajstić information content (AvgIpc) is 2.28. The monoisotopic (exact) mass is 230 g/mol. The number of ether oxygens (including phenoxy) is 3. The fraction of sp³-hybridized carbons (Fsp3) is 1.00. The third-order valence-corrected chi connectivity index (χ3v) is 2.96. The molecule has 0 aromatic carbocycles. The summed E-state index contributed by atoms with van der Waals surface area (Å²) >= 11 is 0. The summed E-state index contributed by atoms with van der Waals surface area (Å²) in [5.74, 6) is 1.37. The molecular weight excluding hydrogens is 204 g/mol. The van der Waals surface area contributed by atoms with E-state index in [9.17, 15) is 0 Å². The van der Waals surface area contributed by atoms with Crippen LogP contribution in [0.25, 0.3) is 0 Å². The Bertz CT molecular complexity index is 128. The zero-order chi connectivity index (χ0) is 12.0. The molecule has 0 N–H and O–H groups in total. The second-order valence-electron chi connectivity index (χ2n) is 5.17. The number of rotatable bonds is 0. The highest BCUT2D eigenvalue weighted by Crippen LogP contribution is 2.16. The van der Waals surface area contributed by atoms with Gasteiger partial charge in [-0.1, -0.05) is 13.8 Å². The van der Waals surface area contributed by atoms with Gasteiger partial charge in [-0.25, -0.2) is 0 Å². The van der Waals surface area contributed by atoms with Crippen molar-refractivity contribution in [3.8, 4) is 0 Å². The lowest BCUT2D eigenvalue weighted by Gasteiger charge is -2.24. The molecular formula is C13H26O3. The lowest BCUT2D eigenvalue weighted by atomic mass is 10.0. The molecule has 0 radical (unpaired) electrons. The second-order valence-corrected chi connectivity index (χ2v) is 5.17. The molecule has 2 rings (SSSR count). The molecule has 3 heteroatoms. The maximum absolute atomic E-state index is 5.39. The van der Waals surface area contributed by atoms with Gasteiger partial charge in [-0.15, -0.1) is 0 Å². The molecule has 2 saturated heterocycles. The van der Waals surface area contributed by atoms with Crippen molar-refractivity contribution in [1.82, 2.24) is 0 Å². The van der Waals surface area contributed by atoms with Gasteiger partial charge in [-0.3, -0.25) is 0 Å². The predicted molar refractivity (Wildman–Crippen MR) is 64.3 cm³/mol. The molecule has 0 bridgehead atoms. The largest absolute Gasteiger partial charge is 0.378 e. The Hall–Kier alpha value is -0.120. The molecule has 96 valence electrons. The Balaban J connectivity index is 0.000000160. The Morgan fingerprint density at radius 3 is 1.62 bits per heavy atom. The van der Waals surface area contributed by atoms with Gasteiger partial charge in [-0.2, -0.15) is 0 Å². The van der Waals surface area contributed by atoms with Crippen LogP contribution in [0.5, 0.6) is 0 Å². The van der Waals surface area contributed by atoms with Gasteiger partial charge < -0.3 is 14.2 Å². The summed E-state index contributed by atoms with van der Waals surface area (Å²) in [4.78, 5) is 0. The van der Waals surface area contributed by atoms with Crippen LogP contribution in [0.15, 0.2) is 0 Å². The van der Waals surface area contributed by atoms with Crippen molar-refractivity contribution in [2.24, 2.45) is 11.8 Å². The summed E-state index contributed by atoms with van der Waals surface area (Å²) in [6, 6.07) is 0. The number of hydrogen-bond donors (Lipinski definition) is 0. The van der Waals surface area contributed by atoms with Crippen molar-refractivity contribution in [3.63, 3.8) is 0 Å². The molecule has 0 aromatic heterocycles. The molecule has 2 aliphatic heterocycles. The van der Waals surface area contributed by atoms with Crippen LogP contribution in [0.2, 0.25) is 0 Å². The minimum absolute atomic E-state index is 0.0196. The van der Waals surface area contributed by atoms with Gasteiger partial charge in [-0.05, 0) is 32.6 Å². The zero-order valence-electron chi connectivity index (χ0n) is 11.1. The summed E-state index contributed by atoms with van der Waals surface area (Å²) < 4.78 is 15.7. The minimum atomic E-state index is 0.0196. The Morgan fingerprint density at radius 1 is 0.688 bits per heavy atom. The maximum Gasteiger partial charge on any atom is 0.154 e. The third-order valence-electron chi connectivity index (χ3n) is 2.96. The van der Waals surface area contributed by atoms with Crippen LogP contribution >= 0.6 is 0 Å². The van der Waals surface area contributed by atoms with Crippen LogP contribution in [0.3, 0.4) is 0 Å². The highest BCUT2D eigenvalue weighted by Gasteiger charge is 2.14. The van der Waals surface area contributed by atoms with E-state index in [2.05, 4.69) is 20.8 Å². The molecule has 2 fully saturated rings. The molecule has 2 atom stereocenters. The molecule has 0 aromatic rings. The van der Waals surface area contributed by atoms with Gasteiger partial charge in [0, 0.05) is 12.5 Å². The topological polar surface area (TPSA) is 27.7 Å². The van der Waals surface area contributed by atoms with Crippen LogP contribution in [0, 0.1) is 11.8 Å². The zero-order valence-corrected chi connectivity index (χ0v) is 11.1. The molecule has 0 spiro atoms. The van der Waals surface area contributed by atoms with Crippen molar-refractivity contribution < 1.29 is 14.2 Å². The summed E-state index contributed by atoms with van der Waals surface area (Å²) in [5, 5.41) is 0. The van der Waals surface area contributed by atoms with Gasteiger partial charge in [0.2, 0.25) is 0 Å². The first-order valence-corrected chi connectivity index (χ1v) is 6.42. The molecule has 2 aliphatic rings. The van der Waals surface area contributed by atoms with Gasteiger partial charge >= 0.3 is 0 Å². The van der Waals surface area contributed by atoms with E-state index in [0.717, 1.165) is 25.7 Å². The van der Waals surface area contributed by atoms with E-state index in [1.165, 1.54) is 12.8 Å². The Labute approximate surface area is 99.5 Å². The highest BCUT2D eigenvalue weighted by atomic mass is 16.7. The maximum atomic E-state index is 5.39. The van der Waals surface area contributed by atoms with Crippen LogP contribution in [0.1, 0.15) is 40.5 Å². The minimum Gasteiger partial charge on any atom is -0.378 e. The highest BCUT2D eigenvalue weighted by molar-refractivity contribution is 4.62. The van der Waals surface area contributed by atoms with E-state index in [4.69, 9.17) is 14.2 Å². The van der Waals surface area contributed by atoms with E-state index in [-0.39, 0.29) is 6.29 Å². The molecule has 16 heavy (non-hydrogen) atoms. The van der Waals surface area contributed by atoms with Crippen molar-refractivity contribution in [2.45, 2.75) is 52.9 Å². The molecule has 2 unspecified atom stereocenters. The van der Waals surface area contributed by atoms with Crippen molar-refractivity contribution >= 4 is 0 Å². The van der Waals surface area contributed by atoms with E-state index in [0.29, 0.717) is 12.0 Å². The molecule has 3 nitrogen and oxygen atoms in total. The second kappa shape index (κ2) is 7.25. The predicted octanol–water partition coefficient (Wildman–Crippen LogP) is 2.84. The van der Waals surface area contributed by atoms with Crippen molar-refractivity contribution in [2.75, 3.05) is 19.8 Å². The van der Waals surface area contributed by atoms with Crippen LogP contribution in [-0.2, 0) is 14.2 Å². The van der Waals surface area contributed by atoms with Gasteiger partial charge in [0.1, 0.15) is 0 Å².